The predicted molar refractivity (Wildman–Crippen MR) is 59.1 cm³/mol. The fourth-order valence-corrected chi connectivity index (χ4v) is 1.48. The average molecular weight is 209 g/mol. The van der Waals surface area contributed by atoms with Crippen LogP contribution >= 0.6 is 0 Å². The van der Waals surface area contributed by atoms with Gasteiger partial charge in [0.15, 0.2) is 0 Å². The number of nitrogens with zero attached hydrogens (tertiary/aromatic N) is 1. The van der Waals surface area contributed by atoms with E-state index in [1.165, 1.54) is 4.90 Å². The molecule has 3 heteroatoms. The molecule has 2 amide bonds. The van der Waals surface area contributed by atoms with E-state index < -0.39 is 0 Å². The van der Waals surface area contributed by atoms with Gasteiger partial charge in [0.2, 0.25) is 0 Å². The molecule has 0 saturated heterocycles. The van der Waals surface area contributed by atoms with Crippen LogP contribution < -0.4 is 0 Å². The first-order valence-corrected chi connectivity index (χ1v) is 5.40. The van der Waals surface area contributed by atoms with Crippen LogP contribution in [-0.4, -0.2) is 23.3 Å². The molecule has 1 heterocycles. The largest absolute Gasteiger partial charge is 0.275 e. The number of hydrogen-bond donors (Lipinski definition) is 0. The number of rotatable bonds is 3. The van der Waals surface area contributed by atoms with E-state index in [4.69, 9.17) is 0 Å². The molecular formula is C12H19NO2. The topological polar surface area (TPSA) is 37.4 Å². The normalized spacial score (nSPS) is 19.5. The second-order valence-corrected chi connectivity index (χ2v) is 4.69. The Morgan fingerprint density at radius 1 is 1.00 bits per heavy atom. The summed E-state index contributed by atoms with van der Waals surface area (Å²) < 4.78 is 0. The maximum Gasteiger partial charge on any atom is 0.256 e. The average Bonchev–Trinajstić information content (AvgIpc) is 2.35. The Balaban J connectivity index is 2.76. The first kappa shape index (κ1) is 12.0. The maximum atomic E-state index is 11.7. The second kappa shape index (κ2) is 4.17. The number of carbonyl (C=O) groups excluding carboxylic acids is 2. The van der Waals surface area contributed by atoms with E-state index in [9.17, 15) is 9.59 Å². The van der Waals surface area contributed by atoms with Gasteiger partial charge in [0.05, 0.1) is 0 Å². The molecule has 0 fully saturated rings. The molecule has 1 unspecified atom stereocenters. The van der Waals surface area contributed by atoms with Gasteiger partial charge in [-0.3, -0.25) is 14.5 Å². The van der Waals surface area contributed by atoms with Crippen LogP contribution in [0, 0.1) is 11.8 Å². The van der Waals surface area contributed by atoms with Crippen molar-refractivity contribution in [2.75, 3.05) is 6.54 Å². The lowest BCUT2D eigenvalue weighted by Gasteiger charge is -2.22. The molecule has 0 aliphatic carbocycles. The molecule has 0 spiro atoms. The van der Waals surface area contributed by atoms with Crippen molar-refractivity contribution in [2.45, 2.75) is 34.6 Å². The summed E-state index contributed by atoms with van der Waals surface area (Å²) in [4.78, 5) is 24.8. The van der Waals surface area contributed by atoms with E-state index in [0.717, 1.165) is 0 Å². The van der Waals surface area contributed by atoms with Crippen LogP contribution in [0.15, 0.2) is 11.1 Å². The third kappa shape index (κ3) is 2.11. The minimum Gasteiger partial charge on any atom is -0.275 e. The highest BCUT2D eigenvalue weighted by atomic mass is 16.2. The molecule has 1 aliphatic rings. The molecule has 3 nitrogen and oxygen atoms in total. The van der Waals surface area contributed by atoms with E-state index in [0.29, 0.717) is 29.5 Å². The van der Waals surface area contributed by atoms with Crippen LogP contribution in [0.25, 0.3) is 0 Å². The Kier molecular flexibility index (Phi) is 3.32. The first-order chi connectivity index (χ1) is 6.86. The van der Waals surface area contributed by atoms with Gasteiger partial charge in [-0.1, -0.05) is 20.8 Å². The van der Waals surface area contributed by atoms with Crippen molar-refractivity contribution in [3.63, 3.8) is 0 Å². The number of hydrogen-bond acceptors (Lipinski definition) is 2. The number of carbonyl (C=O) groups is 2. The fourth-order valence-electron chi connectivity index (χ4n) is 1.48. The molecule has 0 aromatic carbocycles. The zero-order valence-corrected chi connectivity index (χ0v) is 10.1. The molecule has 0 bridgehead atoms. The molecule has 84 valence electrons. The van der Waals surface area contributed by atoms with E-state index in [1.807, 2.05) is 0 Å². The van der Waals surface area contributed by atoms with Crippen LogP contribution in [0.2, 0.25) is 0 Å². The first-order valence-electron chi connectivity index (χ1n) is 5.40. The molecule has 0 aromatic rings. The minimum atomic E-state index is -0.120. The third-order valence-electron chi connectivity index (χ3n) is 3.30. The van der Waals surface area contributed by atoms with E-state index in [2.05, 4.69) is 20.8 Å². The zero-order chi connectivity index (χ0) is 11.7. The van der Waals surface area contributed by atoms with Gasteiger partial charge in [0.25, 0.3) is 11.8 Å². The lowest BCUT2D eigenvalue weighted by Crippen LogP contribution is -2.36. The van der Waals surface area contributed by atoms with Crippen molar-refractivity contribution < 1.29 is 9.59 Å². The van der Waals surface area contributed by atoms with E-state index in [1.54, 1.807) is 13.8 Å². The van der Waals surface area contributed by atoms with Gasteiger partial charge in [-0.15, -0.1) is 0 Å². The van der Waals surface area contributed by atoms with Crippen molar-refractivity contribution in [2.24, 2.45) is 11.8 Å². The molecule has 0 saturated carbocycles. The van der Waals surface area contributed by atoms with Crippen molar-refractivity contribution in [1.29, 1.82) is 0 Å². The van der Waals surface area contributed by atoms with Gasteiger partial charge in [-0.05, 0) is 25.7 Å². The van der Waals surface area contributed by atoms with Crippen LogP contribution in [0.4, 0.5) is 0 Å². The smallest absolute Gasteiger partial charge is 0.256 e. The highest BCUT2D eigenvalue weighted by Gasteiger charge is 2.34. The highest BCUT2D eigenvalue weighted by molar-refractivity contribution is 6.18. The predicted octanol–water partition coefficient (Wildman–Crippen LogP) is 1.98. The van der Waals surface area contributed by atoms with Crippen LogP contribution in [0.5, 0.6) is 0 Å². The standard InChI is InChI=1S/C12H19NO2/c1-7(2)8(3)6-13-11(14)9(4)10(5)12(13)15/h7-8H,6H2,1-5H3. The summed E-state index contributed by atoms with van der Waals surface area (Å²) >= 11 is 0. The highest BCUT2D eigenvalue weighted by Crippen LogP contribution is 2.22. The summed E-state index contributed by atoms with van der Waals surface area (Å²) in [6.07, 6.45) is 0. The van der Waals surface area contributed by atoms with Crippen LogP contribution in [0.1, 0.15) is 34.6 Å². The molecule has 0 N–H and O–H groups in total. The molecule has 0 aromatic heterocycles. The van der Waals surface area contributed by atoms with Gasteiger partial charge in [0, 0.05) is 17.7 Å². The van der Waals surface area contributed by atoms with E-state index >= 15 is 0 Å². The lowest BCUT2D eigenvalue weighted by molar-refractivity contribution is -0.138. The molecule has 1 rings (SSSR count). The van der Waals surface area contributed by atoms with Gasteiger partial charge in [-0.25, -0.2) is 0 Å². The number of amides is 2. The third-order valence-corrected chi connectivity index (χ3v) is 3.30. The van der Waals surface area contributed by atoms with Crippen molar-refractivity contribution >= 4 is 11.8 Å². The minimum absolute atomic E-state index is 0.120. The van der Waals surface area contributed by atoms with E-state index in [-0.39, 0.29) is 11.8 Å². The van der Waals surface area contributed by atoms with Gasteiger partial charge in [0.1, 0.15) is 0 Å². The van der Waals surface area contributed by atoms with Crippen LogP contribution in [0.3, 0.4) is 0 Å². The summed E-state index contributed by atoms with van der Waals surface area (Å²) in [5.41, 5.74) is 1.19. The quantitative estimate of drug-likeness (QED) is 0.666. The second-order valence-electron chi connectivity index (χ2n) is 4.69. The zero-order valence-electron chi connectivity index (χ0n) is 10.1. The summed E-state index contributed by atoms with van der Waals surface area (Å²) in [5.74, 6) is 0.582. The number of imide groups is 1. The lowest BCUT2D eigenvalue weighted by atomic mass is 9.97. The molecule has 0 radical (unpaired) electrons. The summed E-state index contributed by atoms with van der Waals surface area (Å²) in [5, 5.41) is 0. The van der Waals surface area contributed by atoms with Crippen molar-refractivity contribution in [3.05, 3.63) is 11.1 Å². The van der Waals surface area contributed by atoms with Crippen molar-refractivity contribution in [1.82, 2.24) is 4.90 Å². The van der Waals surface area contributed by atoms with Crippen LogP contribution in [-0.2, 0) is 9.59 Å². The Labute approximate surface area is 91.1 Å². The Morgan fingerprint density at radius 2 is 1.40 bits per heavy atom. The molecule has 1 aliphatic heterocycles. The SMILES string of the molecule is CC1=C(C)C(=O)N(CC(C)C(C)C)C1=O. The Bertz CT molecular complexity index is 305. The monoisotopic (exact) mass is 209 g/mol. The maximum absolute atomic E-state index is 11.7. The molecule has 15 heavy (non-hydrogen) atoms. The van der Waals surface area contributed by atoms with Gasteiger partial charge in [-0.2, -0.15) is 0 Å². The van der Waals surface area contributed by atoms with Gasteiger partial charge < -0.3 is 0 Å². The summed E-state index contributed by atoms with van der Waals surface area (Å²) in [6, 6.07) is 0. The molecule has 1 atom stereocenters. The summed E-state index contributed by atoms with van der Waals surface area (Å²) in [7, 11) is 0. The van der Waals surface area contributed by atoms with Crippen molar-refractivity contribution in [3.8, 4) is 0 Å². The van der Waals surface area contributed by atoms with Gasteiger partial charge >= 0.3 is 0 Å². The summed E-state index contributed by atoms with van der Waals surface area (Å²) in [6.45, 7) is 10.2. The molecular weight excluding hydrogens is 190 g/mol. The Morgan fingerprint density at radius 3 is 1.73 bits per heavy atom. The fraction of sp³-hybridized carbons (Fsp3) is 0.667. The Hall–Kier alpha value is -1.12.